The van der Waals surface area contributed by atoms with Crippen LogP contribution >= 0.6 is 11.3 Å². The van der Waals surface area contributed by atoms with Crippen molar-refractivity contribution in [3.05, 3.63) is 21.8 Å². The fourth-order valence-electron chi connectivity index (χ4n) is 1.41. The quantitative estimate of drug-likeness (QED) is 0.790. The number of ether oxygens (including phenoxy) is 2. The number of oxazole rings is 1. The van der Waals surface area contributed by atoms with Crippen LogP contribution in [0.1, 0.15) is 21.3 Å². The molecule has 0 amide bonds. The number of rotatable bonds is 4. The van der Waals surface area contributed by atoms with Crippen molar-refractivity contribution in [3.8, 4) is 11.6 Å². The van der Waals surface area contributed by atoms with Gasteiger partial charge in [-0.2, -0.15) is 0 Å². The van der Waals surface area contributed by atoms with E-state index in [1.165, 1.54) is 25.6 Å². The molecule has 0 saturated heterocycles. The molecule has 2 heterocycles. The molecule has 0 atom stereocenters. The zero-order valence-electron chi connectivity index (χ0n) is 10.2. The predicted molar refractivity (Wildman–Crippen MR) is 64.4 cm³/mol. The van der Waals surface area contributed by atoms with Crippen LogP contribution in [-0.4, -0.2) is 30.2 Å². The van der Waals surface area contributed by atoms with Gasteiger partial charge in [-0.3, -0.25) is 0 Å². The van der Waals surface area contributed by atoms with E-state index in [0.29, 0.717) is 17.3 Å². The maximum absolute atomic E-state index is 11.5. The topological polar surface area (TPSA) is 74.5 Å². The number of hydrogen-bond acceptors (Lipinski definition) is 7. The van der Waals surface area contributed by atoms with Gasteiger partial charge in [-0.25, -0.2) is 14.8 Å². The minimum atomic E-state index is -0.576. The molecule has 0 aliphatic heterocycles. The molecule has 0 aliphatic carbocycles. The van der Waals surface area contributed by atoms with Crippen LogP contribution in [0.15, 0.2) is 9.80 Å². The highest BCUT2D eigenvalue weighted by Crippen LogP contribution is 2.24. The van der Waals surface area contributed by atoms with Gasteiger partial charge in [0.15, 0.2) is 0 Å². The highest BCUT2D eigenvalue weighted by atomic mass is 32.1. The standard InChI is InChI=1S/C11H12N2O4S/c1-6-12-8(5-18-6)10-13-7(4-15-2)9(17-10)11(14)16-3/h5H,4H2,1-3H3. The van der Waals surface area contributed by atoms with Crippen LogP contribution in [0, 0.1) is 6.92 Å². The molecule has 2 aromatic rings. The van der Waals surface area contributed by atoms with Gasteiger partial charge in [-0.15, -0.1) is 11.3 Å². The number of aromatic nitrogens is 2. The third-order valence-corrected chi connectivity index (χ3v) is 2.96. The Kier molecular flexibility index (Phi) is 3.73. The minimum absolute atomic E-state index is 0.0556. The zero-order chi connectivity index (χ0) is 13.1. The summed E-state index contributed by atoms with van der Waals surface area (Å²) in [6.45, 7) is 2.06. The van der Waals surface area contributed by atoms with Gasteiger partial charge >= 0.3 is 5.97 Å². The maximum Gasteiger partial charge on any atom is 0.376 e. The molecule has 0 saturated carbocycles. The van der Waals surface area contributed by atoms with Gasteiger partial charge in [0, 0.05) is 12.5 Å². The Morgan fingerprint density at radius 2 is 2.22 bits per heavy atom. The largest absolute Gasteiger partial charge is 0.463 e. The molecule has 0 unspecified atom stereocenters. The molecule has 0 fully saturated rings. The Labute approximate surface area is 108 Å². The van der Waals surface area contributed by atoms with Crippen LogP contribution in [0.25, 0.3) is 11.6 Å². The zero-order valence-corrected chi connectivity index (χ0v) is 11.0. The Balaban J connectivity index is 2.41. The molecule has 7 heteroatoms. The highest BCUT2D eigenvalue weighted by Gasteiger charge is 2.22. The number of esters is 1. The fourth-order valence-corrected chi connectivity index (χ4v) is 2.00. The van der Waals surface area contributed by atoms with Crippen molar-refractivity contribution < 1.29 is 18.7 Å². The molecule has 0 spiro atoms. The summed E-state index contributed by atoms with van der Waals surface area (Å²) in [7, 11) is 2.80. The van der Waals surface area contributed by atoms with Gasteiger partial charge in [-0.1, -0.05) is 0 Å². The third-order valence-electron chi connectivity index (χ3n) is 2.19. The second-order valence-electron chi connectivity index (χ2n) is 3.47. The molecule has 18 heavy (non-hydrogen) atoms. The molecule has 0 bridgehead atoms. The smallest absolute Gasteiger partial charge is 0.376 e. The molecule has 2 rings (SSSR count). The number of carbonyl (C=O) groups excluding carboxylic acids is 1. The van der Waals surface area contributed by atoms with Crippen LogP contribution in [0.4, 0.5) is 0 Å². The lowest BCUT2D eigenvalue weighted by Crippen LogP contribution is -2.04. The first-order chi connectivity index (χ1) is 8.65. The van der Waals surface area contributed by atoms with Crippen molar-refractivity contribution in [2.75, 3.05) is 14.2 Å². The van der Waals surface area contributed by atoms with E-state index in [9.17, 15) is 4.79 Å². The number of hydrogen-bond donors (Lipinski definition) is 0. The van der Waals surface area contributed by atoms with Crippen molar-refractivity contribution in [1.29, 1.82) is 0 Å². The third kappa shape index (κ3) is 2.41. The van der Waals surface area contributed by atoms with E-state index in [1.54, 1.807) is 0 Å². The van der Waals surface area contributed by atoms with E-state index in [0.717, 1.165) is 5.01 Å². The van der Waals surface area contributed by atoms with E-state index in [4.69, 9.17) is 9.15 Å². The summed E-state index contributed by atoms with van der Waals surface area (Å²) in [5, 5.41) is 2.72. The Morgan fingerprint density at radius 3 is 2.78 bits per heavy atom. The molecule has 0 radical (unpaired) electrons. The first-order valence-corrected chi connectivity index (χ1v) is 6.03. The predicted octanol–water partition coefficient (Wildman–Crippen LogP) is 2.04. The monoisotopic (exact) mass is 268 g/mol. The van der Waals surface area contributed by atoms with Gasteiger partial charge in [0.05, 0.1) is 18.7 Å². The minimum Gasteiger partial charge on any atom is -0.463 e. The average molecular weight is 268 g/mol. The van der Waals surface area contributed by atoms with E-state index < -0.39 is 5.97 Å². The average Bonchev–Trinajstić information content (AvgIpc) is 2.95. The number of carbonyl (C=O) groups is 1. The summed E-state index contributed by atoms with van der Waals surface area (Å²) < 4.78 is 15.0. The van der Waals surface area contributed by atoms with Crippen molar-refractivity contribution in [3.63, 3.8) is 0 Å². The first kappa shape index (κ1) is 12.7. The van der Waals surface area contributed by atoms with E-state index in [-0.39, 0.29) is 12.4 Å². The molecular weight excluding hydrogens is 256 g/mol. The number of nitrogens with zero attached hydrogens (tertiary/aromatic N) is 2. The summed E-state index contributed by atoms with van der Waals surface area (Å²) in [6.07, 6.45) is 0. The molecule has 0 N–H and O–H groups in total. The summed E-state index contributed by atoms with van der Waals surface area (Å²) >= 11 is 1.48. The number of aryl methyl sites for hydroxylation is 1. The van der Waals surface area contributed by atoms with Crippen LogP contribution in [-0.2, 0) is 16.1 Å². The number of thiazole rings is 1. The lowest BCUT2D eigenvalue weighted by atomic mass is 10.3. The molecule has 96 valence electrons. The van der Waals surface area contributed by atoms with Crippen molar-refractivity contribution >= 4 is 17.3 Å². The lowest BCUT2D eigenvalue weighted by molar-refractivity contribution is 0.0559. The molecule has 0 aliphatic rings. The van der Waals surface area contributed by atoms with Crippen LogP contribution in [0.5, 0.6) is 0 Å². The lowest BCUT2D eigenvalue weighted by Gasteiger charge is -1.96. The SMILES string of the molecule is COCc1nc(-c2csc(C)n2)oc1C(=O)OC. The van der Waals surface area contributed by atoms with Gasteiger partial charge < -0.3 is 13.9 Å². The van der Waals surface area contributed by atoms with Crippen molar-refractivity contribution in [2.45, 2.75) is 13.5 Å². The van der Waals surface area contributed by atoms with E-state index >= 15 is 0 Å². The second kappa shape index (κ2) is 5.28. The van der Waals surface area contributed by atoms with Crippen molar-refractivity contribution in [2.24, 2.45) is 0 Å². The molecule has 0 aromatic carbocycles. The van der Waals surface area contributed by atoms with E-state index in [2.05, 4.69) is 14.7 Å². The second-order valence-corrected chi connectivity index (χ2v) is 4.53. The van der Waals surface area contributed by atoms with Gasteiger partial charge in [0.1, 0.15) is 11.4 Å². The fraction of sp³-hybridized carbons (Fsp3) is 0.364. The Morgan fingerprint density at radius 1 is 1.44 bits per heavy atom. The normalized spacial score (nSPS) is 10.6. The van der Waals surface area contributed by atoms with E-state index in [1.807, 2.05) is 12.3 Å². The van der Waals surface area contributed by atoms with Gasteiger partial charge in [0.25, 0.3) is 0 Å². The Hall–Kier alpha value is -1.73. The molecule has 2 aromatic heterocycles. The van der Waals surface area contributed by atoms with Crippen LogP contribution < -0.4 is 0 Å². The van der Waals surface area contributed by atoms with Crippen LogP contribution in [0.2, 0.25) is 0 Å². The summed E-state index contributed by atoms with van der Waals surface area (Å²) in [6, 6.07) is 0. The van der Waals surface area contributed by atoms with Gasteiger partial charge in [-0.05, 0) is 6.92 Å². The molecular formula is C11H12N2O4S. The highest BCUT2D eigenvalue weighted by molar-refractivity contribution is 7.09. The first-order valence-electron chi connectivity index (χ1n) is 5.15. The summed E-state index contributed by atoms with van der Waals surface area (Å²) in [4.78, 5) is 20.0. The summed E-state index contributed by atoms with van der Waals surface area (Å²) in [5.74, 6) is -0.223. The van der Waals surface area contributed by atoms with Gasteiger partial charge in [0.2, 0.25) is 11.7 Å². The summed E-state index contributed by atoms with van der Waals surface area (Å²) in [5.41, 5.74) is 1.01. The van der Waals surface area contributed by atoms with Crippen molar-refractivity contribution in [1.82, 2.24) is 9.97 Å². The molecule has 6 nitrogen and oxygen atoms in total. The maximum atomic E-state index is 11.5. The Bertz CT molecular complexity index is 561. The van der Waals surface area contributed by atoms with Crippen LogP contribution in [0.3, 0.4) is 0 Å². The number of methoxy groups -OCH3 is 2.